The maximum absolute atomic E-state index is 12.1. The van der Waals surface area contributed by atoms with Gasteiger partial charge in [0, 0.05) is 6.54 Å². The largest absolute Gasteiger partial charge is 0.466 e. The molecule has 8 nitrogen and oxygen atoms in total. The van der Waals surface area contributed by atoms with Crippen molar-refractivity contribution in [2.24, 2.45) is 5.41 Å². The van der Waals surface area contributed by atoms with E-state index in [0.29, 0.717) is 26.0 Å². The van der Waals surface area contributed by atoms with E-state index in [1.54, 1.807) is 20.8 Å². The standard InChI is InChI=1S/C16H23ClN4O4/c1-4-25-13(22)15(2,3)10-19-16(7-5-6-8-16)12-11(21(23)24)9-18-14(17)20-12/h9,19H,4-8,10H2,1-3H3. The van der Waals surface area contributed by atoms with E-state index >= 15 is 0 Å². The zero-order valence-corrected chi connectivity index (χ0v) is 15.4. The molecule has 0 amide bonds. The molecule has 0 aromatic carbocycles. The summed E-state index contributed by atoms with van der Waals surface area (Å²) in [5, 5.41) is 14.7. The number of ether oxygens (including phenoxy) is 1. The Hall–Kier alpha value is -1.80. The van der Waals surface area contributed by atoms with E-state index in [2.05, 4.69) is 15.3 Å². The first-order chi connectivity index (χ1) is 11.7. The molecule has 25 heavy (non-hydrogen) atoms. The number of nitro groups is 1. The van der Waals surface area contributed by atoms with Gasteiger partial charge in [0.25, 0.3) is 0 Å². The second-order valence-corrected chi connectivity index (χ2v) is 7.22. The lowest BCUT2D eigenvalue weighted by atomic mass is 9.87. The van der Waals surface area contributed by atoms with Crippen LogP contribution in [0.1, 0.15) is 52.1 Å². The fourth-order valence-electron chi connectivity index (χ4n) is 3.10. The topological polar surface area (TPSA) is 107 Å². The van der Waals surface area contributed by atoms with Gasteiger partial charge >= 0.3 is 11.7 Å². The van der Waals surface area contributed by atoms with Gasteiger partial charge in [0.1, 0.15) is 11.9 Å². The molecular formula is C16H23ClN4O4. The number of esters is 1. The summed E-state index contributed by atoms with van der Waals surface area (Å²) in [6.45, 7) is 5.93. The maximum atomic E-state index is 12.1. The van der Waals surface area contributed by atoms with Crippen LogP contribution in [0.25, 0.3) is 0 Å². The smallest absolute Gasteiger partial charge is 0.312 e. The summed E-state index contributed by atoms with van der Waals surface area (Å²) < 4.78 is 5.11. The van der Waals surface area contributed by atoms with Crippen molar-refractivity contribution in [2.75, 3.05) is 13.2 Å². The zero-order valence-electron chi connectivity index (χ0n) is 14.7. The normalized spacial score (nSPS) is 16.6. The number of rotatable bonds is 7. The second-order valence-electron chi connectivity index (χ2n) is 6.88. The summed E-state index contributed by atoms with van der Waals surface area (Å²) in [5.74, 6) is -0.314. The maximum Gasteiger partial charge on any atom is 0.312 e. The Labute approximate surface area is 151 Å². The van der Waals surface area contributed by atoms with Crippen molar-refractivity contribution >= 4 is 23.3 Å². The van der Waals surface area contributed by atoms with E-state index in [0.717, 1.165) is 19.0 Å². The highest BCUT2D eigenvalue weighted by Crippen LogP contribution is 2.42. The van der Waals surface area contributed by atoms with E-state index in [-0.39, 0.29) is 22.6 Å². The average Bonchev–Trinajstić information content (AvgIpc) is 3.03. The van der Waals surface area contributed by atoms with Crippen LogP contribution in [0.3, 0.4) is 0 Å². The van der Waals surface area contributed by atoms with Crippen LogP contribution in [0.4, 0.5) is 5.69 Å². The molecule has 0 atom stereocenters. The first-order valence-electron chi connectivity index (χ1n) is 8.31. The molecule has 0 aliphatic heterocycles. The van der Waals surface area contributed by atoms with Crippen molar-refractivity contribution < 1.29 is 14.5 Å². The molecule has 0 spiro atoms. The fourth-order valence-corrected chi connectivity index (χ4v) is 3.24. The number of carbonyl (C=O) groups is 1. The molecule has 9 heteroatoms. The monoisotopic (exact) mass is 370 g/mol. The lowest BCUT2D eigenvalue weighted by molar-refractivity contribution is -0.386. The molecule has 1 saturated carbocycles. The number of hydrogen-bond donors (Lipinski definition) is 1. The Kier molecular flexibility index (Phi) is 5.95. The first kappa shape index (κ1) is 19.5. The Morgan fingerprint density at radius 1 is 1.48 bits per heavy atom. The van der Waals surface area contributed by atoms with Gasteiger partial charge in [-0.2, -0.15) is 0 Å². The van der Waals surface area contributed by atoms with E-state index < -0.39 is 15.9 Å². The van der Waals surface area contributed by atoms with Crippen molar-refractivity contribution in [3.8, 4) is 0 Å². The quantitative estimate of drug-likeness (QED) is 0.340. The summed E-state index contributed by atoms with van der Waals surface area (Å²) in [7, 11) is 0. The summed E-state index contributed by atoms with van der Waals surface area (Å²) in [5.41, 5.74) is -1.34. The fraction of sp³-hybridized carbons (Fsp3) is 0.688. The molecule has 0 bridgehead atoms. The van der Waals surface area contributed by atoms with Crippen molar-refractivity contribution in [1.82, 2.24) is 15.3 Å². The van der Waals surface area contributed by atoms with Crippen LogP contribution in [0.15, 0.2) is 6.20 Å². The van der Waals surface area contributed by atoms with E-state index in [4.69, 9.17) is 16.3 Å². The number of nitrogens with zero attached hydrogens (tertiary/aromatic N) is 3. The summed E-state index contributed by atoms with van der Waals surface area (Å²) >= 11 is 5.90. The Morgan fingerprint density at radius 2 is 2.12 bits per heavy atom. The molecule has 1 aromatic rings. The average molecular weight is 371 g/mol. The van der Waals surface area contributed by atoms with E-state index in [1.807, 2.05) is 0 Å². The highest BCUT2D eigenvalue weighted by atomic mass is 35.5. The van der Waals surface area contributed by atoms with Crippen molar-refractivity contribution in [3.63, 3.8) is 0 Å². The van der Waals surface area contributed by atoms with Gasteiger partial charge in [-0.25, -0.2) is 9.97 Å². The molecule has 1 N–H and O–H groups in total. The van der Waals surface area contributed by atoms with Crippen LogP contribution >= 0.6 is 11.6 Å². The Balaban J connectivity index is 2.33. The third-order valence-corrected chi connectivity index (χ3v) is 4.73. The van der Waals surface area contributed by atoms with Gasteiger partial charge in [-0.1, -0.05) is 12.8 Å². The highest BCUT2D eigenvalue weighted by Gasteiger charge is 2.44. The Morgan fingerprint density at radius 3 is 2.68 bits per heavy atom. The zero-order chi connectivity index (χ0) is 18.7. The molecule has 1 fully saturated rings. The minimum Gasteiger partial charge on any atom is -0.466 e. The molecule has 2 rings (SSSR count). The van der Waals surface area contributed by atoms with Gasteiger partial charge in [0.15, 0.2) is 0 Å². The van der Waals surface area contributed by atoms with Gasteiger partial charge in [-0.05, 0) is 45.2 Å². The van der Waals surface area contributed by atoms with Gasteiger partial charge in [0.2, 0.25) is 5.28 Å². The number of aromatic nitrogens is 2. The van der Waals surface area contributed by atoms with Crippen LogP contribution in [0.2, 0.25) is 5.28 Å². The Bertz CT molecular complexity index is 660. The lowest BCUT2D eigenvalue weighted by Crippen LogP contribution is -2.48. The van der Waals surface area contributed by atoms with Gasteiger partial charge in [-0.15, -0.1) is 0 Å². The molecule has 1 aliphatic rings. The molecule has 1 aliphatic carbocycles. The van der Waals surface area contributed by atoms with Crippen molar-refractivity contribution in [1.29, 1.82) is 0 Å². The van der Waals surface area contributed by atoms with Crippen LogP contribution in [-0.4, -0.2) is 34.0 Å². The summed E-state index contributed by atoms with van der Waals surface area (Å²) in [6.07, 6.45) is 4.32. The number of carbonyl (C=O) groups excluding carboxylic acids is 1. The molecule has 0 radical (unpaired) electrons. The SMILES string of the molecule is CCOC(=O)C(C)(C)CNC1(c2nc(Cl)ncc2[N+](=O)[O-])CCCC1. The van der Waals surface area contributed by atoms with Crippen LogP contribution in [0, 0.1) is 15.5 Å². The molecular weight excluding hydrogens is 348 g/mol. The van der Waals surface area contributed by atoms with Gasteiger partial charge in [0.05, 0.1) is 22.5 Å². The van der Waals surface area contributed by atoms with Crippen LogP contribution in [0.5, 0.6) is 0 Å². The van der Waals surface area contributed by atoms with E-state index in [9.17, 15) is 14.9 Å². The molecule has 1 heterocycles. The number of nitrogens with one attached hydrogen (secondary N) is 1. The first-order valence-corrected chi connectivity index (χ1v) is 8.69. The van der Waals surface area contributed by atoms with Crippen LogP contribution in [-0.2, 0) is 15.1 Å². The molecule has 0 saturated heterocycles. The van der Waals surface area contributed by atoms with E-state index in [1.165, 1.54) is 0 Å². The van der Waals surface area contributed by atoms with Crippen molar-refractivity contribution in [3.05, 3.63) is 27.3 Å². The summed E-state index contributed by atoms with van der Waals surface area (Å²) in [4.78, 5) is 30.9. The number of halogens is 1. The molecule has 0 unspecified atom stereocenters. The lowest BCUT2D eigenvalue weighted by Gasteiger charge is -2.33. The molecule has 138 valence electrons. The molecule has 1 aromatic heterocycles. The predicted molar refractivity (Wildman–Crippen MR) is 92.3 cm³/mol. The minimum absolute atomic E-state index is 0.0293. The summed E-state index contributed by atoms with van der Waals surface area (Å²) in [6, 6.07) is 0. The van der Waals surface area contributed by atoms with Gasteiger partial charge in [-0.3, -0.25) is 14.9 Å². The predicted octanol–water partition coefficient (Wildman–Crippen LogP) is 2.99. The van der Waals surface area contributed by atoms with Crippen LogP contribution < -0.4 is 5.32 Å². The second kappa shape index (κ2) is 7.61. The van der Waals surface area contributed by atoms with Gasteiger partial charge < -0.3 is 10.1 Å². The minimum atomic E-state index is -0.767. The third kappa shape index (κ3) is 4.24. The number of hydrogen-bond acceptors (Lipinski definition) is 7. The third-order valence-electron chi connectivity index (χ3n) is 4.54. The highest BCUT2D eigenvalue weighted by molar-refractivity contribution is 6.28. The van der Waals surface area contributed by atoms with Crippen molar-refractivity contribution in [2.45, 2.75) is 52.0 Å².